The van der Waals surface area contributed by atoms with Crippen molar-refractivity contribution in [2.75, 3.05) is 6.61 Å². The van der Waals surface area contributed by atoms with Crippen LogP contribution in [0.4, 0.5) is 4.79 Å². The lowest BCUT2D eigenvalue weighted by Gasteiger charge is -2.38. The number of carbonyl (C=O) groups excluding carboxylic acids is 2. The van der Waals surface area contributed by atoms with E-state index in [9.17, 15) is 14.7 Å². The highest BCUT2D eigenvalue weighted by molar-refractivity contribution is 6.05. The largest absolute Gasteiger partial charge is 0.461 e. The molecule has 34 heavy (non-hydrogen) atoms. The van der Waals surface area contributed by atoms with Gasteiger partial charge in [-0.2, -0.15) is 0 Å². The van der Waals surface area contributed by atoms with Crippen LogP contribution in [0.25, 0.3) is 0 Å². The number of nitrogens with one attached hydrogen (secondary N) is 1. The van der Waals surface area contributed by atoms with E-state index in [-0.39, 0.29) is 18.1 Å². The number of hydrogen-bond acceptors (Lipinski definition) is 7. The van der Waals surface area contributed by atoms with Gasteiger partial charge in [0.05, 0.1) is 6.61 Å². The Morgan fingerprint density at radius 1 is 1.09 bits per heavy atom. The van der Waals surface area contributed by atoms with Crippen LogP contribution in [0, 0.1) is 11.8 Å². The average molecular weight is 462 g/mol. The number of benzene rings is 2. The third-order valence-corrected chi connectivity index (χ3v) is 4.40. The molecule has 0 fully saturated rings. The van der Waals surface area contributed by atoms with E-state index >= 15 is 0 Å². The minimum Gasteiger partial charge on any atom is -0.461 e. The first-order valence-electron chi connectivity index (χ1n) is 10.8. The van der Waals surface area contributed by atoms with Crippen molar-refractivity contribution in [1.29, 1.82) is 0 Å². The zero-order valence-corrected chi connectivity index (χ0v) is 19.5. The fraction of sp³-hybridized carbons (Fsp3) is 0.269. The topological polar surface area (TPSA) is 100 Å². The second-order valence-corrected chi connectivity index (χ2v) is 8.34. The number of nitrogens with zero attached hydrogens (tertiary/aromatic N) is 2. The number of amides is 1. The molecule has 2 aromatic rings. The van der Waals surface area contributed by atoms with Gasteiger partial charge in [-0.25, -0.2) is 25.0 Å². The molecule has 1 aliphatic heterocycles. The second kappa shape index (κ2) is 10.2. The lowest BCUT2D eigenvalue weighted by atomic mass is 10.1. The number of ether oxygens (including phenoxy) is 2. The lowest BCUT2D eigenvalue weighted by Crippen LogP contribution is -2.61. The molecular weight excluding hydrogens is 434 g/mol. The van der Waals surface area contributed by atoms with Crippen molar-refractivity contribution >= 4 is 17.9 Å². The van der Waals surface area contributed by atoms with Crippen LogP contribution in [0.15, 0.2) is 77.4 Å². The molecule has 1 amide bonds. The summed E-state index contributed by atoms with van der Waals surface area (Å²) in [6, 6.07) is 17.8. The summed E-state index contributed by atoms with van der Waals surface area (Å²) in [5.41, 5.74) is 0.599. The van der Waals surface area contributed by atoms with Crippen molar-refractivity contribution in [3.05, 3.63) is 83.6 Å². The molecule has 0 saturated heterocycles. The smallest absolute Gasteiger partial charge is 0.426 e. The second-order valence-electron chi connectivity index (χ2n) is 8.34. The van der Waals surface area contributed by atoms with Gasteiger partial charge in [-0.05, 0) is 45.7 Å². The van der Waals surface area contributed by atoms with E-state index in [0.29, 0.717) is 11.1 Å². The quantitative estimate of drug-likeness (QED) is 0.535. The van der Waals surface area contributed by atoms with Crippen molar-refractivity contribution in [2.45, 2.75) is 39.0 Å². The van der Waals surface area contributed by atoms with Crippen LogP contribution in [0.3, 0.4) is 0 Å². The predicted molar refractivity (Wildman–Crippen MR) is 127 cm³/mol. The van der Waals surface area contributed by atoms with Crippen LogP contribution in [-0.2, 0) is 14.3 Å². The minimum atomic E-state index is -2.15. The Hall–Kier alpha value is -4.09. The molecule has 176 valence electrons. The molecule has 3 rings (SSSR count). The number of carbonyl (C=O) groups is 2. The van der Waals surface area contributed by atoms with Gasteiger partial charge in [0.15, 0.2) is 11.5 Å². The molecule has 2 N–H and O–H groups in total. The van der Waals surface area contributed by atoms with Crippen LogP contribution < -0.4 is 5.43 Å². The van der Waals surface area contributed by atoms with Gasteiger partial charge in [0.2, 0.25) is 5.72 Å². The molecule has 8 heteroatoms. The number of aliphatic hydroxyl groups is 1. The van der Waals surface area contributed by atoms with Gasteiger partial charge < -0.3 is 14.6 Å². The number of amidine groups is 1. The highest BCUT2D eigenvalue weighted by Gasteiger charge is 2.41. The lowest BCUT2D eigenvalue weighted by molar-refractivity contribution is -0.138. The first-order chi connectivity index (χ1) is 16.1. The molecule has 2 aromatic carbocycles. The molecule has 0 aliphatic carbocycles. The maximum atomic E-state index is 12.7. The van der Waals surface area contributed by atoms with E-state index in [0.717, 1.165) is 11.1 Å². The monoisotopic (exact) mass is 461 g/mol. The van der Waals surface area contributed by atoms with Gasteiger partial charge in [0.1, 0.15) is 5.60 Å². The van der Waals surface area contributed by atoms with Crippen molar-refractivity contribution in [3.8, 4) is 11.8 Å². The zero-order valence-electron chi connectivity index (χ0n) is 19.5. The summed E-state index contributed by atoms with van der Waals surface area (Å²) >= 11 is 0. The number of rotatable bonds is 4. The molecule has 1 aliphatic rings. The Morgan fingerprint density at radius 2 is 1.71 bits per heavy atom. The third kappa shape index (κ3) is 6.24. The average Bonchev–Trinajstić information content (AvgIpc) is 2.79. The molecule has 1 atom stereocenters. The first kappa shape index (κ1) is 24.6. The van der Waals surface area contributed by atoms with Crippen molar-refractivity contribution in [2.24, 2.45) is 4.99 Å². The maximum Gasteiger partial charge on any atom is 0.426 e. The van der Waals surface area contributed by atoms with Gasteiger partial charge in [0, 0.05) is 17.2 Å². The van der Waals surface area contributed by atoms with E-state index in [1.807, 2.05) is 24.3 Å². The standard InChI is InChI=1S/C26H27N3O5/c1-5-33-23(30)21-18-26(32,17-16-19-12-8-6-9-13-19)29(28-24(31)34-25(2,3)4)22(27-21)20-14-10-7-11-15-20/h6-15,18,32H,5H2,1-4H3,(H,28,31). The number of hydrazine groups is 1. The zero-order chi connectivity index (χ0) is 24.8. The van der Waals surface area contributed by atoms with Crippen molar-refractivity contribution < 1.29 is 24.2 Å². The predicted octanol–water partition coefficient (Wildman–Crippen LogP) is 3.38. The maximum absolute atomic E-state index is 12.7. The van der Waals surface area contributed by atoms with E-state index < -0.39 is 23.4 Å². The molecule has 0 spiro atoms. The van der Waals surface area contributed by atoms with Gasteiger partial charge in [0.25, 0.3) is 0 Å². The summed E-state index contributed by atoms with van der Waals surface area (Å²) < 4.78 is 10.5. The van der Waals surface area contributed by atoms with E-state index in [4.69, 9.17) is 9.47 Å². The summed E-state index contributed by atoms with van der Waals surface area (Å²) in [6.45, 7) is 6.95. The van der Waals surface area contributed by atoms with Crippen LogP contribution in [0.1, 0.15) is 38.8 Å². The first-order valence-corrected chi connectivity index (χ1v) is 10.8. The summed E-state index contributed by atoms with van der Waals surface area (Å²) in [5, 5.41) is 12.8. The fourth-order valence-electron chi connectivity index (χ4n) is 3.01. The molecule has 0 aromatic heterocycles. The Labute approximate surface area is 198 Å². The van der Waals surface area contributed by atoms with Crippen LogP contribution >= 0.6 is 0 Å². The summed E-state index contributed by atoms with van der Waals surface area (Å²) in [7, 11) is 0. The Morgan fingerprint density at radius 3 is 2.29 bits per heavy atom. The molecule has 0 bridgehead atoms. The highest BCUT2D eigenvalue weighted by atomic mass is 16.6. The molecule has 1 unspecified atom stereocenters. The third-order valence-electron chi connectivity index (χ3n) is 4.40. The molecule has 0 saturated carbocycles. The fourth-order valence-corrected chi connectivity index (χ4v) is 3.01. The summed E-state index contributed by atoms with van der Waals surface area (Å²) in [5.74, 6) is 5.00. The van der Waals surface area contributed by atoms with Gasteiger partial charge >= 0.3 is 12.1 Å². The highest BCUT2D eigenvalue weighted by Crippen LogP contribution is 2.25. The SMILES string of the molecule is CCOC(=O)C1=CC(O)(C#Cc2ccccc2)N(NC(=O)OC(C)(C)C)C(c2ccccc2)=N1. The van der Waals surface area contributed by atoms with Crippen LogP contribution in [0.2, 0.25) is 0 Å². The van der Waals surface area contributed by atoms with E-state index in [2.05, 4.69) is 22.3 Å². The van der Waals surface area contributed by atoms with Crippen molar-refractivity contribution in [3.63, 3.8) is 0 Å². The normalized spacial score (nSPS) is 17.5. The van der Waals surface area contributed by atoms with Crippen LogP contribution in [-0.4, -0.2) is 45.9 Å². The Balaban J connectivity index is 2.14. The van der Waals surface area contributed by atoms with Gasteiger partial charge in [-0.15, -0.1) is 0 Å². The van der Waals surface area contributed by atoms with Gasteiger partial charge in [-0.3, -0.25) is 0 Å². The summed E-state index contributed by atoms with van der Waals surface area (Å²) in [6.07, 6.45) is 0.314. The molecule has 0 radical (unpaired) electrons. The Kier molecular flexibility index (Phi) is 7.39. The van der Waals surface area contributed by atoms with Crippen LogP contribution in [0.5, 0.6) is 0 Å². The van der Waals surface area contributed by atoms with E-state index in [1.165, 1.54) is 0 Å². The molecular formula is C26H27N3O5. The van der Waals surface area contributed by atoms with E-state index in [1.54, 1.807) is 64.1 Å². The minimum absolute atomic E-state index is 0.0851. The number of esters is 1. The van der Waals surface area contributed by atoms with Gasteiger partial charge in [-0.1, -0.05) is 54.5 Å². The molecule has 8 nitrogen and oxygen atoms in total. The number of hydrogen-bond donors (Lipinski definition) is 2. The number of aliphatic imine (C=N–C) groups is 1. The summed E-state index contributed by atoms with van der Waals surface area (Å²) in [4.78, 5) is 29.6. The Bertz CT molecular complexity index is 1160. The molecule has 1 heterocycles. The van der Waals surface area contributed by atoms with Crippen molar-refractivity contribution in [1.82, 2.24) is 10.4 Å².